The molecule has 0 aliphatic carbocycles. The predicted octanol–water partition coefficient (Wildman–Crippen LogP) is 0.795. The third-order valence-electron chi connectivity index (χ3n) is 3.18. The number of carbonyl (C=O) groups is 1. The largest absolute Gasteiger partial charge is 0.375 e. The summed E-state index contributed by atoms with van der Waals surface area (Å²) >= 11 is 1.29. The van der Waals surface area contributed by atoms with E-state index < -0.39 is 0 Å². The smallest absolute Gasteiger partial charge is 0.271 e. The highest BCUT2D eigenvalue weighted by molar-refractivity contribution is 7.13. The fraction of sp³-hybridized carbons (Fsp3) is 0.636. The summed E-state index contributed by atoms with van der Waals surface area (Å²) in [6.45, 7) is 4.20. The van der Waals surface area contributed by atoms with Crippen LogP contribution in [-0.2, 0) is 0 Å². The van der Waals surface area contributed by atoms with Crippen LogP contribution in [0.2, 0.25) is 0 Å². The second-order valence-corrected chi connectivity index (χ2v) is 5.57. The van der Waals surface area contributed by atoms with Crippen molar-refractivity contribution in [3.8, 4) is 0 Å². The van der Waals surface area contributed by atoms with E-state index in [1.165, 1.54) is 11.3 Å². The van der Waals surface area contributed by atoms with Gasteiger partial charge in [-0.3, -0.25) is 4.79 Å². The lowest BCUT2D eigenvalue weighted by atomic mass is 9.94. The summed E-state index contributed by atoms with van der Waals surface area (Å²) in [6, 6.07) is 0.238. The number of thiazole rings is 1. The van der Waals surface area contributed by atoms with Gasteiger partial charge in [0.1, 0.15) is 5.69 Å². The number of likely N-dealkylation sites (tertiary alicyclic amines) is 1. The maximum Gasteiger partial charge on any atom is 0.271 e. The molecule has 1 aliphatic heterocycles. The number of anilines is 1. The monoisotopic (exact) mass is 254 g/mol. The van der Waals surface area contributed by atoms with Gasteiger partial charge in [-0.1, -0.05) is 6.92 Å². The Hall–Kier alpha value is -1.14. The number of hydrogen-bond donors (Lipinski definition) is 2. The van der Waals surface area contributed by atoms with Crippen LogP contribution in [0.4, 0.5) is 5.13 Å². The van der Waals surface area contributed by atoms with Crippen LogP contribution >= 0.6 is 11.3 Å². The molecule has 1 saturated heterocycles. The van der Waals surface area contributed by atoms with Gasteiger partial charge in [-0.05, 0) is 25.9 Å². The first-order valence-corrected chi connectivity index (χ1v) is 6.64. The van der Waals surface area contributed by atoms with E-state index in [0.29, 0.717) is 16.7 Å². The van der Waals surface area contributed by atoms with Gasteiger partial charge in [-0.25, -0.2) is 4.98 Å². The lowest BCUT2D eigenvalue weighted by Gasteiger charge is -2.35. The summed E-state index contributed by atoms with van der Waals surface area (Å²) in [5.74, 6) is 0.355. The van der Waals surface area contributed by atoms with E-state index in [0.717, 1.165) is 19.5 Å². The highest BCUT2D eigenvalue weighted by Gasteiger charge is 2.26. The Morgan fingerprint density at radius 3 is 3.06 bits per heavy atom. The molecule has 17 heavy (non-hydrogen) atoms. The second kappa shape index (κ2) is 5.01. The molecule has 94 valence electrons. The van der Waals surface area contributed by atoms with Gasteiger partial charge in [0, 0.05) is 18.0 Å². The molecule has 0 spiro atoms. The van der Waals surface area contributed by atoms with Crippen molar-refractivity contribution in [2.45, 2.75) is 19.4 Å². The molecule has 2 heterocycles. The van der Waals surface area contributed by atoms with E-state index in [-0.39, 0.29) is 11.9 Å². The number of nitrogens with zero attached hydrogens (tertiary/aromatic N) is 2. The van der Waals surface area contributed by atoms with Crippen LogP contribution in [0.15, 0.2) is 5.38 Å². The third-order valence-corrected chi connectivity index (χ3v) is 3.85. The molecular formula is C11H18N4OS. The van der Waals surface area contributed by atoms with Crippen LogP contribution in [0.3, 0.4) is 0 Å². The first-order valence-electron chi connectivity index (χ1n) is 5.76. The molecule has 0 bridgehead atoms. The summed E-state index contributed by atoms with van der Waals surface area (Å²) in [5, 5.41) is 5.18. The molecule has 1 amide bonds. The fourth-order valence-electron chi connectivity index (χ4n) is 2.20. The number of carbonyl (C=O) groups excluding carboxylic acids is 1. The SMILES string of the molecule is CC1CN(C)CCC1NC(=O)c1csc(N)n1. The number of nitrogens with one attached hydrogen (secondary N) is 1. The van der Waals surface area contributed by atoms with E-state index in [2.05, 4.69) is 29.2 Å². The standard InChI is InChI=1S/C11H18N4OS/c1-7-5-15(2)4-3-8(7)13-10(16)9-6-17-11(12)14-9/h6-8H,3-5H2,1-2H3,(H2,12,14)(H,13,16). The van der Waals surface area contributed by atoms with Crippen LogP contribution < -0.4 is 11.1 Å². The average Bonchev–Trinajstić information content (AvgIpc) is 2.69. The zero-order valence-corrected chi connectivity index (χ0v) is 11.0. The van der Waals surface area contributed by atoms with Crippen LogP contribution in [0.1, 0.15) is 23.8 Å². The number of piperidine rings is 1. The fourth-order valence-corrected chi connectivity index (χ4v) is 2.75. The molecule has 5 nitrogen and oxygen atoms in total. The van der Waals surface area contributed by atoms with Crippen molar-refractivity contribution in [1.82, 2.24) is 15.2 Å². The maximum absolute atomic E-state index is 11.9. The zero-order valence-electron chi connectivity index (χ0n) is 10.1. The van der Waals surface area contributed by atoms with Crippen molar-refractivity contribution in [1.29, 1.82) is 0 Å². The lowest BCUT2D eigenvalue weighted by Crippen LogP contribution is -2.48. The summed E-state index contributed by atoms with van der Waals surface area (Å²) in [6.07, 6.45) is 0.989. The van der Waals surface area contributed by atoms with E-state index in [4.69, 9.17) is 5.73 Å². The van der Waals surface area contributed by atoms with Crippen molar-refractivity contribution >= 4 is 22.4 Å². The predicted molar refractivity (Wildman–Crippen MR) is 69.1 cm³/mol. The number of rotatable bonds is 2. The minimum atomic E-state index is -0.112. The zero-order chi connectivity index (χ0) is 12.4. The number of nitrogens with two attached hydrogens (primary N) is 1. The first kappa shape index (κ1) is 12.3. The van der Waals surface area contributed by atoms with Gasteiger partial charge in [-0.15, -0.1) is 11.3 Å². The van der Waals surface area contributed by atoms with Gasteiger partial charge >= 0.3 is 0 Å². The van der Waals surface area contributed by atoms with Crippen molar-refractivity contribution in [3.05, 3.63) is 11.1 Å². The second-order valence-electron chi connectivity index (χ2n) is 4.68. The quantitative estimate of drug-likeness (QED) is 0.819. The molecule has 2 unspecified atom stereocenters. The van der Waals surface area contributed by atoms with Crippen LogP contribution in [0, 0.1) is 5.92 Å². The molecule has 1 fully saturated rings. The molecule has 0 radical (unpaired) electrons. The third kappa shape index (κ3) is 2.95. The Bertz CT molecular complexity index is 406. The van der Waals surface area contributed by atoms with Crippen molar-refractivity contribution in [2.75, 3.05) is 25.9 Å². The maximum atomic E-state index is 11.9. The Labute approximate surface area is 105 Å². The van der Waals surface area contributed by atoms with Gasteiger partial charge in [-0.2, -0.15) is 0 Å². The Morgan fingerprint density at radius 1 is 1.71 bits per heavy atom. The molecule has 2 atom stereocenters. The van der Waals surface area contributed by atoms with E-state index in [9.17, 15) is 4.79 Å². The average molecular weight is 254 g/mol. The van der Waals surface area contributed by atoms with Crippen LogP contribution in [0.25, 0.3) is 0 Å². The normalized spacial score (nSPS) is 25.8. The molecule has 1 aromatic rings. The topological polar surface area (TPSA) is 71.2 Å². The Kier molecular flexibility index (Phi) is 3.63. The number of amides is 1. The number of hydrogen-bond acceptors (Lipinski definition) is 5. The molecule has 0 saturated carbocycles. The van der Waals surface area contributed by atoms with Gasteiger partial charge in [0.05, 0.1) is 0 Å². The minimum Gasteiger partial charge on any atom is -0.375 e. The molecule has 6 heteroatoms. The van der Waals surface area contributed by atoms with Gasteiger partial charge in [0.2, 0.25) is 0 Å². The lowest BCUT2D eigenvalue weighted by molar-refractivity contribution is 0.0879. The van der Waals surface area contributed by atoms with Gasteiger partial charge < -0.3 is 16.0 Å². The van der Waals surface area contributed by atoms with Crippen molar-refractivity contribution < 1.29 is 4.79 Å². The van der Waals surface area contributed by atoms with Crippen LogP contribution in [0.5, 0.6) is 0 Å². The molecule has 0 aromatic carbocycles. The number of aromatic nitrogens is 1. The van der Waals surface area contributed by atoms with Gasteiger partial charge in [0.25, 0.3) is 5.91 Å². The summed E-state index contributed by atoms with van der Waals surface area (Å²) in [5.41, 5.74) is 5.95. The molecular weight excluding hydrogens is 236 g/mol. The highest BCUT2D eigenvalue weighted by atomic mass is 32.1. The van der Waals surface area contributed by atoms with Crippen LogP contribution in [-0.4, -0.2) is 42.0 Å². The van der Waals surface area contributed by atoms with E-state index in [1.54, 1.807) is 5.38 Å². The summed E-state index contributed by atoms with van der Waals surface area (Å²) in [4.78, 5) is 18.2. The Balaban J connectivity index is 1.95. The van der Waals surface area contributed by atoms with Crippen molar-refractivity contribution in [3.63, 3.8) is 0 Å². The molecule has 3 N–H and O–H groups in total. The summed E-state index contributed by atoms with van der Waals surface area (Å²) < 4.78 is 0. The Morgan fingerprint density at radius 2 is 2.47 bits per heavy atom. The number of nitrogen functional groups attached to an aromatic ring is 1. The molecule has 1 aromatic heterocycles. The van der Waals surface area contributed by atoms with Crippen molar-refractivity contribution in [2.24, 2.45) is 5.92 Å². The molecule has 1 aliphatic rings. The van der Waals surface area contributed by atoms with E-state index >= 15 is 0 Å². The highest BCUT2D eigenvalue weighted by Crippen LogP contribution is 2.17. The van der Waals surface area contributed by atoms with Gasteiger partial charge in [0.15, 0.2) is 5.13 Å². The summed E-state index contributed by atoms with van der Waals surface area (Å²) in [7, 11) is 2.11. The first-order chi connectivity index (χ1) is 8.06. The minimum absolute atomic E-state index is 0.112. The molecule has 2 rings (SSSR count). The van der Waals surface area contributed by atoms with E-state index in [1.807, 2.05) is 0 Å².